The van der Waals surface area contributed by atoms with Gasteiger partial charge in [0.1, 0.15) is 22.0 Å². The molecule has 0 aliphatic carbocycles. The van der Waals surface area contributed by atoms with Gasteiger partial charge in [0.25, 0.3) is 10.1 Å². The molecule has 0 fully saturated rings. The molecule has 2 radical (unpaired) electrons. The van der Waals surface area contributed by atoms with Gasteiger partial charge in [-0.25, -0.2) is 0 Å². The second-order valence-electron chi connectivity index (χ2n) is 5.96. The molecule has 4 rings (SSSR count). The Hall–Kier alpha value is -2.03. The van der Waals surface area contributed by atoms with Gasteiger partial charge in [0.05, 0.1) is 0 Å². The number of rotatable bonds is 3. The Bertz CT molecular complexity index is 1320. The number of azo groups is 1. The third kappa shape index (κ3) is 3.90. The van der Waals surface area contributed by atoms with Crippen molar-refractivity contribution < 1.29 is 18.1 Å². The van der Waals surface area contributed by atoms with Gasteiger partial charge in [-0.2, -0.15) is 8.42 Å². The molecule has 0 bridgehead atoms. The Labute approximate surface area is 191 Å². The standard InChI is InChI=1S/C20H14N2O4S.Ca/c23-17-11-9-13-5-1-3-7-15(13)19(17)21-22-20-16-8-4-2-6-14(16)10-12-18(20)27(24,25)26;/h1-12,23H,(H,24,25,26);. The fourth-order valence-corrected chi connectivity index (χ4v) is 3.63. The first-order valence-electron chi connectivity index (χ1n) is 8.07. The van der Waals surface area contributed by atoms with Crippen molar-refractivity contribution >= 4 is 80.8 Å². The molecule has 0 amide bonds. The van der Waals surface area contributed by atoms with Crippen LogP contribution in [0.1, 0.15) is 0 Å². The normalized spacial score (nSPS) is 11.8. The molecule has 4 aromatic rings. The van der Waals surface area contributed by atoms with E-state index in [0.29, 0.717) is 10.8 Å². The van der Waals surface area contributed by atoms with E-state index in [2.05, 4.69) is 10.2 Å². The molecule has 0 aliphatic rings. The van der Waals surface area contributed by atoms with E-state index in [1.54, 1.807) is 36.4 Å². The molecule has 0 saturated heterocycles. The molecule has 0 aliphatic heterocycles. The molecule has 8 heteroatoms. The van der Waals surface area contributed by atoms with Gasteiger partial charge in [0, 0.05) is 48.5 Å². The average Bonchev–Trinajstić information content (AvgIpc) is 2.66. The summed E-state index contributed by atoms with van der Waals surface area (Å²) in [5.74, 6) is -0.0777. The zero-order valence-corrected chi connectivity index (χ0v) is 17.7. The van der Waals surface area contributed by atoms with Crippen molar-refractivity contribution in [2.45, 2.75) is 4.90 Å². The largest absolute Gasteiger partial charge is 0.506 e. The van der Waals surface area contributed by atoms with E-state index in [1.807, 2.05) is 24.3 Å². The second-order valence-corrected chi connectivity index (χ2v) is 7.35. The van der Waals surface area contributed by atoms with Gasteiger partial charge in [0.2, 0.25) is 0 Å². The number of nitrogens with zero attached hydrogens (tertiary/aromatic N) is 2. The van der Waals surface area contributed by atoms with Crippen molar-refractivity contribution in [2.24, 2.45) is 10.2 Å². The first-order chi connectivity index (χ1) is 12.9. The predicted molar refractivity (Wildman–Crippen MR) is 109 cm³/mol. The summed E-state index contributed by atoms with van der Waals surface area (Å²) >= 11 is 0. The maximum atomic E-state index is 11.8. The average molecular weight is 418 g/mol. The molecule has 0 aromatic heterocycles. The first kappa shape index (κ1) is 20.7. The number of aromatic hydroxyl groups is 1. The van der Waals surface area contributed by atoms with Crippen LogP contribution in [0.15, 0.2) is 87.9 Å². The first-order valence-corrected chi connectivity index (χ1v) is 9.51. The predicted octanol–water partition coefficient (Wildman–Crippen LogP) is 4.98. The van der Waals surface area contributed by atoms with Crippen LogP contribution in [0.3, 0.4) is 0 Å². The molecule has 0 saturated carbocycles. The van der Waals surface area contributed by atoms with E-state index < -0.39 is 10.1 Å². The smallest absolute Gasteiger partial charge is 0.296 e. The number of benzene rings is 4. The number of fused-ring (bicyclic) bond motifs is 2. The molecule has 0 unspecified atom stereocenters. The van der Waals surface area contributed by atoms with Crippen molar-refractivity contribution in [1.82, 2.24) is 0 Å². The third-order valence-corrected chi connectivity index (χ3v) is 5.16. The Morgan fingerprint density at radius 3 is 1.79 bits per heavy atom. The molecule has 0 heterocycles. The van der Waals surface area contributed by atoms with Crippen LogP contribution in [-0.4, -0.2) is 55.8 Å². The van der Waals surface area contributed by atoms with Crippen molar-refractivity contribution in [3.8, 4) is 5.75 Å². The van der Waals surface area contributed by atoms with Crippen molar-refractivity contribution in [1.29, 1.82) is 0 Å². The van der Waals surface area contributed by atoms with E-state index >= 15 is 0 Å². The maximum Gasteiger partial charge on any atom is 0.296 e. The van der Waals surface area contributed by atoms with E-state index in [0.717, 1.165) is 10.8 Å². The zero-order valence-electron chi connectivity index (χ0n) is 14.6. The van der Waals surface area contributed by atoms with Crippen molar-refractivity contribution in [3.05, 3.63) is 72.8 Å². The minimum absolute atomic E-state index is 0. The van der Waals surface area contributed by atoms with E-state index in [-0.39, 0.29) is 59.8 Å². The van der Waals surface area contributed by atoms with Crippen LogP contribution in [0.4, 0.5) is 11.4 Å². The Kier molecular flexibility index (Phi) is 6.02. The molecule has 0 atom stereocenters. The van der Waals surface area contributed by atoms with Gasteiger partial charge in [-0.05, 0) is 22.9 Å². The van der Waals surface area contributed by atoms with Gasteiger partial charge in [-0.3, -0.25) is 4.55 Å². The fourth-order valence-electron chi connectivity index (χ4n) is 3.00. The number of phenols is 1. The topological polar surface area (TPSA) is 99.3 Å². The molecular formula is C20H14CaN2O4S. The summed E-state index contributed by atoms with van der Waals surface area (Å²) in [7, 11) is -4.50. The molecular weight excluding hydrogens is 404 g/mol. The van der Waals surface area contributed by atoms with Crippen molar-refractivity contribution in [2.75, 3.05) is 0 Å². The summed E-state index contributed by atoms with van der Waals surface area (Å²) in [4.78, 5) is -0.343. The summed E-state index contributed by atoms with van der Waals surface area (Å²) in [5, 5.41) is 21.3. The second kappa shape index (κ2) is 8.14. The van der Waals surface area contributed by atoms with Crippen LogP contribution in [0.2, 0.25) is 0 Å². The number of hydrogen-bond donors (Lipinski definition) is 2. The van der Waals surface area contributed by atoms with Crippen LogP contribution in [0, 0.1) is 0 Å². The van der Waals surface area contributed by atoms with Gasteiger partial charge < -0.3 is 5.11 Å². The summed E-state index contributed by atoms with van der Waals surface area (Å²) < 4.78 is 33.2. The maximum absolute atomic E-state index is 11.8. The van der Waals surface area contributed by atoms with E-state index in [1.165, 1.54) is 12.1 Å². The number of phenolic OH excluding ortho intramolecular Hbond substituents is 1. The van der Waals surface area contributed by atoms with Gasteiger partial charge in [0.15, 0.2) is 0 Å². The Morgan fingerprint density at radius 2 is 1.18 bits per heavy atom. The van der Waals surface area contributed by atoms with E-state index in [9.17, 15) is 18.1 Å². The summed E-state index contributed by atoms with van der Waals surface area (Å²) in [6.07, 6.45) is 0. The van der Waals surface area contributed by atoms with Crippen molar-refractivity contribution in [3.63, 3.8) is 0 Å². The zero-order chi connectivity index (χ0) is 19.0. The van der Waals surface area contributed by atoms with E-state index in [4.69, 9.17) is 0 Å². The SMILES string of the molecule is O=S(=O)(O)c1ccc2ccccc2c1N=Nc1c(O)ccc2ccccc12.[Ca]. The molecule has 4 aromatic carbocycles. The van der Waals surface area contributed by atoms with Crippen LogP contribution in [0.25, 0.3) is 21.5 Å². The van der Waals surface area contributed by atoms with Crippen LogP contribution in [-0.2, 0) is 10.1 Å². The van der Waals surface area contributed by atoms with Gasteiger partial charge in [-0.1, -0.05) is 60.7 Å². The summed E-state index contributed by atoms with van der Waals surface area (Å²) in [5.41, 5.74) is 0.241. The Morgan fingerprint density at radius 1 is 0.679 bits per heavy atom. The quantitative estimate of drug-likeness (QED) is 0.278. The summed E-state index contributed by atoms with van der Waals surface area (Å²) in [6, 6.07) is 20.5. The molecule has 0 spiro atoms. The monoisotopic (exact) mass is 418 g/mol. The fraction of sp³-hybridized carbons (Fsp3) is 0. The third-order valence-electron chi connectivity index (χ3n) is 4.27. The number of hydrogen-bond acceptors (Lipinski definition) is 5. The van der Waals surface area contributed by atoms with Gasteiger partial charge >= 0.3 is 0 Å². The minimum atomic E-state index is -4.50. The van der Waals surface area contributed by atoms with Crippen LogP contribution >= 0.6 is 0 Å². The summed E-state index contributed by atoms with van der Waals surface area (Å²) in [6.45, 7) is 0. The van der Waals surface area contributed by atoms with Crippen LogP contribution in [0.5, 0.6) is 5.75 Å². The molecule has 2 N–H and O–H groups in total. The van der Waals surface area contributed by atoms with Gasteiger partial charge in [-0.15, -0.1) is 10.2 Å². The molecule has 136 valence electrons. The minimum Gasteiger partial charge on any atom is -0.506 e. The molecule has 6 nitrogen and oxygen atoms in total. The molecule has 28 heavy (non-hydrogen) atoms. The Balaban J connectivity index is 0.00000225. The van der Waals surface area contributed by atoms with Crippen LogP contribution < -0.4 is 0 Å².